The molecule has 1 aliphatic heterocycles. The predicted molar refractivity (Wildman–Crippen MR) is 93.0 cm³/mol. The van der Waals surface area contributed by atoms with Crippen LogP contribution in [0.2, 0.25) is 0 Å². The van der Waals surface area contributed by atoms with Gasteiger partial charge in [-0.05, 0) is 29.8 Å². The molecule has 0 unspecified atom stereocenters. The van der Waals surface area contributed by atoms with Gasteiger partial charge in [-0.1, -0.05) is 6.07 Å². The molecule has 2 aromatic heterocycles. The lowest BCUT2D eigenvalue weighted by Gasteiger charge is -2.14. The number of carbonyl (C=O) groups excluding carboxylic acids is 1. The number of nitrogens with zero attached hydrogens (tertiary/aromatic N) is 2. The van der Waals surface area contributed by atoms with E-state index in [4.69, 9.17) is 14.9 Å². The zero-order valence-electron chi connectivity index (χ0n) is 13.9. The van der Waals surface area contributed by atoms with Crippen LogP contribution in [0.15, 0.2) is 36.5 Å². The number of aromatic hydroxyl groups is 2. The lowest BCUT2D eigenvalue weighted by molar-refractivity contribution is 0.103. The highest BCUT2D eigenvalue weighted by molar-refractivity contribution is 6.30. The summed E-state index contributed by atoms with van der Waals surface area (Å²) in [5.74, 6) is -0.0608. The van der Waals surface area contributed by atoms with Crippen molar-refractivity contribution in [3.8, 4) is 23.3 Å². The number of hydrogen-bond acceptors (Lipinski definition) is 7. The number of carbonyl (C=O) groups is 1. The van der Waals surface area contributed by atoms with E-state index in [0.717, 1.165) is 5.56 Å². The average molecular weight is 363 g/mol. The van der Waals surface area contributed by atoms with Crippen molar-refractivity contribution >= 4 is 11.5 Å². The number of nitrogens with one attached hydrogen (secondary N) is 1. The molecule has 0 saturated carbocycles. The summed E-state index contributed by atoms with van der Waals surface area (Å²) < 4.78 is 11.8. The summed E-state index contributed by atoms with van der Waals surface area (Å²) in [5, 5.41) is 29.6. The van der Waals surface area contributed by atoms with E-state index < -0.39 is 11.7 Å². The van der Waals surface area contributed by atoms with Gasteiger partial charge in [0.15, 0.2) is 11.5 Å². The number of ether oxygens (including phenoxy) is 2. The summed E-state index contributed by atoms with van der Waals surface area (Å²) in [6.07, 6.45) is 1.45. The Balaban J connectivity index is 1.62. The van der Waals surface area contributed by atoms with Crippen molar-refractivity contribution in [2.75, 3.05) is 6.79 Å². The Morgan fingerprint density at radius 2 is 1.89 bits per heavy atom. The molecule has 3 heterocycles. The van der Waals surface area contributed by atoms with Crippen molar-refractivity contribution < 1.29 is 24.5 Å². The molecule has 5 rings (SSSR count). The Morgan fingerprint density at radius 1 is 1.11 bits per heavy atom. The van der Waals surface area contributed by atoms with Gasteiger partial charge in [-0.3, -0.25) is 19.8 Å². The maximum atomic E-state index is 12.8. The Kier molecular flexibility index (Phi) is 3.06. The fourth-order valence-corrected chi connectivity index (χ4v) is 3.46. The SMILES string of the molecule is N=C1c2cccnc2C(=O)c2c1c(O)n(Cc1ccc3c(c1)OCO3)c2O. The molecule has 0 bridgehead atoms. The van der Waals surface area contributed by atoms with Crippen LogP contribution in [0.25, 0.3) is 0 Å². The van der Waals surface area contributed by atoms with Crippen LogP contribution in [0.5, 0.6) is 23.3 Å². The Hall–Kier alpha value is -3.81. The molecule has 3 N–H and O–H groups in total. The highest BCUT2D eigenvalue weighted by Crippen LogP contribution is 2.41. The molecule has 8 heteroatoms. The smallest absolute Gasteiger partial charge is 0.231 e. The van der Waals surface area contributed by atoms with Gasteiger partial charge in [-0.2, -0.15) is 0 Å². The third-order valence-electron chi connectivity index (χ3n) is 4.76. The molecule has 8 nitrogen and oxygen atoms in total. The summed E-state index contributed by atoms with van der Waals surface area (Å²) in [7, 11) is 0. The first kappa shape index (κ1) is 15.4. The van der Waals surface area contributed by atoms with Gasteiger partial charge in [0.2, 0.25) is 24.3 Å². The Bertz CT molecular complexity index is 1090. The predicted octanol–water partition coefficient (Wildman–Crippen LogP) is 2.03. The molecule has 0 fully saturated rings. The minimum Gasteiger partial charge on any atom is -0.494 e. The summed E-state index contributed by atoms with van der Waals surface area (Å²) in [6, 6.07) is 8.46. The van der Waals surface area contributed by atoms with Crippen LogP contribution in [0.4, 0.5) is 0 Å². The highest BCUT2D eigenvalue weighted by Gasteiger charge is 2.37. The van der Waals surface area contributed by atoms with Crippen molar-refractivity contribution in [1.29, 1.82) is 5.41 Å². The summed E-state index contributed by atoms with van der Waals surface area (Å²) in [4.78, 5) is 16.8. The van der Waals surface area contributed by atoms with Crippen LogP contribution in [0, 0.1) is 5.41 Å². The Labute approximate surface area is 152 Å². The van der Waals surface area contributed by atoms with E-state index in [9.17, 15) is 15.0 Å². The minimum absolute atomic E-state index is 0.0127. The van der Waals surface area contributed by atoms with Crippen LogP contribution < -0.4 is 9.47 Å². The molecule has 0 saturated heterocycles. The second-order valence-electron chi connectivity index (χ2n) is 6.27. The van der Waals surface area contributed by atoms with E-state index in [2.05, 4.69) is 4.98 Å². The van der Waals surface area contributed by atoms with Gasteiger partial charge >= 0.3 is 0 Å². The van der Waals surface area contributed by atoms with Crippen molar-refractivity contribution in [2.45, 2.75) is 6.54 Å². The maximum Gasteiger partial charge on any atom is 0.231 e. The molecule has 2 aliphatic rings. The topological polar surface area (TPSA) is 118 Å². The average Bonchev–Trinajstić information content (AvgIpc) is 3.24. The van der Waals surface area contributed by atoms with Crippen molar-refractivity contribution in [2.24, 2.45) is 0 Å². The van der Waals surface area contributed by atoms with Gasteiger partial charge < -0.3 is 19.7 Å². The van der Waals surface area contributed by atoms with E-state index in [1.54, 1.807) is 30.3 Å². The van der Waals surface area contributed by atoms with Crippen LogP contribution >= 0.6 is 0 Å². The lowest BCUT2D eigenvalue weighted by Crippen LogP contribution is -2.20. The molecule has 0 spiro atoms. The van der Waals surface area contributed by atoms with Crippen LogP contribution in [-0.4, -0.2) is 38.1 Å². The van der Waals surface area contributed by atoms with Gasteiger partial charge in [0.1, 0.15) is 5.69 Å². The second-order valence-corrected chi connectivity index (χ2v) is 6.27. The van der Waals surface area contributed by atoms with Gasteiger partial charge in [-0.15, -0.1) is 0 Å². The first-order valence-electron chi connectivity index (χ1n) is 8.18. The number of hydrogen-bond donors (Lipinski definition) is 3. The standard InChI is InChI=1S/C19H13N3O5/c20-15-10-2-1-5-21-16(10)17(23)14-13(15)18(24)22(19(14)25)7-9-3-4-11-12(6-9)27-8-26-11/h1-6,20,24-25H,7-8H2. The molecule has 27 heavy (non-hydrogen) atoms. The Morgan fingerprint density at radius 3 is 2.74 bits per heavy atom. The number of pyridine rings is 1. The highest BCUT2D eigenvalue weighted by atomic mass is 16.7. The number of benzene rings is 1. The summed E-state index contributed by atoms with van der Waals surface area (Å²) in [6.45, 7) is 0.232. The largest absolute Gasteiger partial charge is 0.494 e. The van der Waals surface area contributed by atoms with Crippen molar-refractivity contribution in [3.63, 3.8) is 0 Å². The van der Waals surface area contributed by atoms with Crippen LogP contribution in [-0.2, 0) is 6.54 Å². The zero-order valence-corrected chi connectivity index (χ0v) is 13.9. The number of ketones is 1. The monoisotopic (exact) mass is 363 g/mol. The van der Waals surface area contributed by atoms with Gasteiger partial charge in [-0.25, -0.2) is 0 Å². The normalized spacial score (nSPS) is 14.2. The van der Waals surface area contributed by atoms with E-state index in [0.29, 0.717) is 17.1 Å². The fraction of sp³-hybridized carbons (Fsp3) is 0.105. The van der Waals surface area contributed by atoms with E-state index in [1.807, 2.05) is 0 Å². The third-order valence-corrected chi connectivity index (χ3v) is 4.76. The molecule has 0 atom stereocenters. The molecule has 1 aliphatic carbocycles. The molecule has 0 radical (unpaired) electrons. The van der Waals surface area contributed by atoms with Crippen molar-refractivity contribution in [3.05, 3.63) is 64.5 Å². The summed E-state index contributed by atoms with van der Waals surface area (Å²) >= 11 is 0. The maximum absolute atomic E-state index is 12.8. The third kappa shape index (κ3) is 2.06. The number of rotatable bonds is 2. The van der Waals surface area contributed by atoms with Crippen LogP contribution in [0.3, 0.4) is 0 Å². The quantitative estimate of drug-likeness (QED) is 0.502. The van der Waals surface area contributed by atoms with Crippen molar-refractivity contribution in [1.82, 2.24) is 9.55 Å². The molecule has 0 amide bonds. The fourth-order valence-electron chi connectivity index (χ4n) is 3.46. The molecular formula is C19H13N3O5. The first-order chi connectivity index (χ1) is 13.1. The number of aromatic nitrogens is 2. The van der Waals surface area contributed by atoms with E-state index in [1.165, 1.54) is 10.8 Å². The zero-order chi connectivity index (χ0) is 18.7. The molecule has 134 valence electrons. The van der Waals surface area contributed by atoms with E-state index >= 15 is 0 Å². The number of fused-ring (bicyclic) bond motifs is 3. The van der Waals surface area contributed by atoms with Gasteiger partial charge in [0, 0.05) is 11.8 Å². The second kappa shape index (κ2) is 5.34. The first-order valence-corrected chi connectivity index (χ1v) is 8.18. The molecular weight excluding hydrogens is 350 g/mol. The molecule has 1 aromatic carbocycles. The van der Waals surface area contributed by atoms with Gasteiger partial charge in [0.25, 0.3) is 0 Å². The minimum atomic E-state index is -0.520. The lowest BCUT2D eigenvalue weighted by atomic mass is 9.89. The van der Waals surface area contributed by atoms with E-state index in [-0.39, 0.29) is 41.8 Å². The van der Waals surface area contributed by atoms with Crippen LogP contribution in [0.1, 0.15) is 32.7 Å². The molecule has 3 aromatic rings. The van der Waals surface area contributed by atoms with Gasteiger partial charge in [0.05, 0.1) is 23.4 Å². The summed E-state index contributed by atoms with van der Waals surface area (Å²) in [5.41, 5.74) is 0.996.